The third kappa shape index (κ3) is 4.76. The van der Waals surface area contributed by atoms with Crippen LogP contribution in [0.25, 0.3) is 10.2 Å². The van der Waals surface area contributed by atoms with Crippen molar-refractivity contribution < 1.29 is 4.74 Å². The second kappa shape index (κ2) is 8.78. The molecule has 128 valence electrons. The Hall–Kier alpha value is -0.950. The summed E-state index contributed by atoms with van der Waals surface area (Å²) in [5, 5.41) is 4.67. The van der Waals surface area contributed by atoms with Crippen molar-refractivity contribution in [2.75, 3.05) is 44.7 Å². The molecule has 0 saturated carbocycles. The Morgan fingerprint density at radius 1 is 1.30 bits per heavy atom. The van der Waals surface area contributed by atoms with Gasteiger partial charge >= 0.3 is 0 Å². The summed E-state index contributed by atoms with van der Waals surface area (Å²) in [6, 6.07) is 2.18. The van der Waals surface area contributed by atoms with Gasteiger partial charge in [0, 0.05) is 30.9 Å². The molecule has 7 heteroatoms. The van der Waals surface area contributed by atoms with Crippen molar-refractivity contribution >= 4 is 39.8 Å². The van der Waals surface area contributed by atoms with E-state index < -0.39 is 0 Å². The molecule has 2 aromatic heterocycles. The van der Waals surface area contributed by atoms with Crippen LogP contribution in [0.3, 0.4) is 0 Å². The minimum atomic E-state index is 0. The lowest BCUT2D eigenvalue weighted by Crippen LogP contribution is -2.37. The van der Waals surface area contributed by atoms with Crippen molar-refractivity contribution in [3.05, 3.63) is 16.8 Å². The Morgan fingerprint density at radius 3 is 2.83 bits per heavy atom. The van der Waals surface area contributed by atoms with Crippen molar-refractivity contribution in [1.29, 1.82) is 0 Å². The van der Waals surface area contributed by atoms with Crippen LogP contribution in [-0.2, 0) is 11.2 Å². The van der Waals surface area contributed by atoms with E-state index in [1.165, 1.54) is 4.88 Å². The van der Waals surface area contributed by atoms with E-state index in [2.05, 4.69) is 40.1 Å². The highest BCUT2D eigenvalue weighted by Crippen LogP contribution is 2.28. The molecule has 0 aliphatic carbocycles. The maximum absolute atomic E-state index is 5.38. The maximum atomic E-state index is 5.38. The fourth-order valence-electron chi connectivity index (χ4n) is 2.71. The number of thiophene rings is 1. The Balaban J connectivity index is 0.00000192. The molecule has 0 radical (unpaired) electrons. The van der Waals surface area contributed by atoms with E-state index in [0.717, 1.165) is 74.1 Å². The molecule has 1 aliphatic rings. The van der Waals surface area contributed by atoms with Gasteiger partial charge in [0.05, 0.1) is 18.6 Å². The molecule has 0 amide bonds. The number of aryl methyl sites for hydroxylation is 2. The molecule has 0 unspecified atom stereocenters. The maximum Gasteiger partial charge on any atom is 0.138 e. The zero-order valence-corrected chi connectivity index (χ0v) is 15.4. The zero-order valence-electron chi connectivity index (χ0n) is 13.8. The van der Waals surface area contributed by atoms with Crippen LogP contribution < -0.4 is 5.32 Å². The monoisotopic (exact) mass is 356 g/mol. The van der Waals surface area contributed by atoms with Crippen molar-refractivity contribution in [3.63, 3.8) is 0 Å². The summed E-state index contributed by atoms with van der Waals surface area (Å²) in [7, 11) is 0. The fourth-order valence-corrected chi connectivity index (χ4v) is 3.61. The first kappa shape index (κ1) is 18.4. The second-order valence-electron chi connectivity index (χ2n) is 5.65. The predicted octanol–water partition coefficient (Wildman–Crippen LogP) is 3.12. The molecule has 1 fully saturated rings. The Kier molecular flexibility index (Phi) is 7.02. The van der Waals surface area contributed by atoms with Gasteiger partial charge in [0.15, 0.2) is 0 Å². The summed E-state index contributed by atoms with van der Waals surface area (Å²) in [4.78, 5) is 14.1. The number of nitrogens with zero attached hydrogens (tertiary/aromatic N) is 3. The molecule has 1 saturated heterocycles. The number of morpholine rings is 1. The molecule has 1 aliphatic heterocycles. The zero-order chi connectivity index (χ0) is 15.4. The Labute approximate surface area is 147 Å². The van der Waals surface area contributed by atoms with Crippen LogP contribution in [0.15, 0.2) is 6.07 Å². The summed E-state index contributed by atoms with van der Waals surface area (Å²) in [6.45, 7) is 10.1. The SMILES string of the molecule is CCc1nc(NCCCN2CCOCC2)c2cc(C)sc2n1.Cl. The number of hydrogen-bond donors (Lipinski definition) is 1. The van der Waals surface area contributed by atoms with Gasteiger partial charge in [0.2, 0.25) is 0 Å². The van der Waals surface area contributed by atoms with Gasteiger partial charge in [-0.2, -0.15) is 0 Å². The average Bonchev–Trinajstić information content (AvgIpc) is 2.92. The molecule has 5 nitrogen and oxygen atoms in total. The van der Waals surface area contributed by atoms with Gasteiger partial charge in [-0.05, 0) is 26.0 Å². The lowest BCUT2D eigenvalue weighted by molar-refractivity contribution is 0.0378. The van der Waals surface area contributed by atoms with Crippen LogP contribution >= 0.6 is 23.7 Å². The van der Waals surface area contributed by atoms with Gasteiger partial charge in [0.1, 0.15) is 16.5 Å². The lowest BCUT2D eigenvalue weighted by Gasteiger charge is -2.26. The van der Waals surface area contributed by atoms with Crippen molar-refractivity contribution in [3.8, 4) is 0 Å². The van der Waals surface area contributed by atoms with Crippen molar-refractivity contribution in [2.24, 2.45) is 0 Å². The van der Waals surface area contributed by atoms with Crippen LogP contribution in [0.2, 0.25) is 0 Å². The van der Waals surface area contributed by atoms with E-state index >= 15 is 0 Å². The van der Waals surface area contributed by atoms with Gasteiger partial charge in [-0.3, -0.25) is 4.90 Å². The summed E-state index contributed by atoms with van der Waals surface area (Å²) in [5.41, 5.74) is 0. The average molecular weight is 357 g/mol. The van der Waals surface area contributed by atoms with Crippen LogP contribution in [0.1, 0.15) is 24.0 Å². The quantitative estimate of drug-likeness (QED) is 0.806. The predicted molar refractivity (Wildman–Crippen MR) is 99.1 cm³/mol. The molecule has 0 aromatic carbocycles. The van der Waals surface area contributed by atoms with Gasteiger partial charge in [-0.15, -0.1) is 23.7 Å². The van der Waals surface area contributed by atoms with Crippen molar-refractivity contribution in [2.45, 2.75) is 26.7 Å². The van der Waals surface area contributed by atoms with E-state index in [1.807, 2.05) is 0 Å². The standard InChI is InChI=1S/C16H24N4OS.ClH/c1-3-14-18-15(13-11-12(2)22-16(13)19-14)17-5-4-6-20-7-9-21-10-8-20;/h11H,3-10H2,1-2H3,(H,17,18,19);1H. The number of nitrogens with one attached hydrogen (secondary N) is 1. The number of hydrogen-bond acceptors (Lipinski definition) is 6. The topological polar surface area (TPSA) is 50.3 Å². The number of halogens is 1. The molecule has 2 aromatic rings. The summed E-state index contributed by atoms with van der Waals surface area (Å²) >= 11 is 1.74. The smallest absolute Gasteiger partial charge is 0.138 e. The van der Waals surface area contributed by atoms with Gasteiger partial charge < -0.3 is 10.1 Å². The fraction of sp³-hybridized carbons (Fsp3) is 0.625. The van der Waals surface area contributed by atoms with Crippen LogP contribution in [-0.4, -0.2) is 54.3 Å². The number of rotatable bonds is 6. The number of aromatic nitrogens is 2. The lowest BCUT2D eigenvalue weighted by atomic mass is 10.3. The second-order valence-corrected chi connectivity index (χ2v) is 6.89. The molecule has 1 N–H and O–H groups in total. The normalized spacial score (nSPS) is 15.6. The highest BCUT2D eigenvalue weighted by molar-refractivity contribution is 7.18. The first-order chi connectivity index (χ1) is 10.8. The first-order valence-electron chi connectivity index (χ1n) is 8.07. The molecular formula is C16H25ClN4OS. The number of ether oxygens (including phenoxy) is 1. The van der Waals surface area contributed by atoms with E-state index in [1.54, 1.807) is 11.3 Å². The third-order valence-electron chi connectivity index (χ3n) is 3.93. The summed E-state index contributed by atoms with van der Waals surface area (Å²) < 4.78 is 5.38. The van der Waals surface area contributed by atoms with E-state index in [-0.39, 0.29) is 12.4 Å². The minimum absolute atomic E-state index is 0. The third-order valence-corrected chi connectivity index (χ3v) is 4.87. The van der Waals surface area contributed by atoms with Crippen molar-refractivity contribution in [1.82, 2.24) is 14.9 Å². The largest absolute Gasteiger partial charge is 0.379 e. The molecule has 23 heavy (non-hydrogen) atoms. The van der Waals surface area contributed by atoms with E-state index in [4.69, 9.17) is 4.74 Å². The molecular weight excluding hydrogens is 332 g/mol. The summed E-state index contributed by atoms with van der Waals surface area (Å²) in [6.07, 6.45) is 1.99. The summed E-state index contributed by atoms with van der Waals surface area (Å²) in [5.74, 6) is 1.92. The van der Waals surface area contributed by atoms with Crippen LogP contribution in [0.5, 0.6) is 0 Å². The molecule has 0 bridgehead atoms. The van der Waals surface area contributed by atoms with Crippen LogP contribution in [0.4, 0.5) is 5.82 Å². The molecule has 3 rings (SSSR count). The van der Waals surface area contributed by atoms with Gasteiger partial charge in [-0.1, -0.05) is 6.92 Å². The Bertz CT molecular complexity index is 628. The van der Waals surface area contributed by atoms with Crippen LogP contribution in [0, 0.1) is 6.92 Å². The number of fused-ring (bicyclic) bond motifs is 1. The van der Waals surface area contributed by atoms with E-state index in [0.29, 0.717) is 0 Å². The highest BCUT2D eigenvalue weighted by Gasteiger charge is 2.11. The van der Waals surface area contributed by atoms with E-state index in [9.17, 15) is 0 Å². The minimum Gasteiger partial charge on any atom is -0.379 e. The molecule has 0 spiro atoms. The molecule has 3 heterocycles. The molecule has 0 atom stereocenters. The number of anilines is 1. The first-order valence-corrected chi connectivity index (χ1v) is 8.89. The highest BCUT2D eigenvalue weighted by atomic mass is 35.5. The Morgan fingerprint density at radius 2 is 2.09 bits per heavy atom. The van der Waals surface area contributed by atoms with Gasteiger partial charge in [-0.25, -0.2) is 9.97 Å². The van der Waals surface area contributed by atoms with Gasteiger partial charge in [0.25, 0.3) is 0 Å².